The number of rotatable bonds is 20. The molecule has 0 amide bonds. The summed E-state index contributed by atoms with van der Waals surface area (Å²) in [5.74, 6) is -4.85. The average Bonchev–Trinajstić information content (AvgIpc) is 3.02. The highest BCUT2D eigenvalue weighted by Crippen LogP contribution is 2.26. The minimum absolute atomic E-state index is 0.200. The Bertz CT molecular complexity index is 1010. The number of carboxylic acid groups (broad SMARTS) is 5. The van der Waals surface area contributed by atoms with Gasteiger partial charge in [0.25, 0.3) is 0 Å². The number of methoxy groups -OCH3 is 1. The molecule has 1 aromatic carbocycles. The van der Waals surface area contributed by atoms with Gasteiger partial charge < -0.3 is 58.7 Å². The first-order valence-electron chi connectivity index (χ1n) is 13.7. The Labute approximate surface area is 268 Å². The smallest absolute Gasteiger partial charge is 0.373 e. The van der Waals surface area contributed by atoms with Crippen molar-refractivity contribution >= 4 is 36.0 Å². The minimum atomic E-state index is -1.12. The van der Waals surface area contributed by atoms with Crippen LogP contribution in [-0.4, -0.2) is 140 Å². The molecule has 1 fully saturated rings. The lowest BCUT2D eigenvalue weighted by Gasteiger charge is -2.30. The third-order valence-corrected chi connectivity index (χ3v) is 5.06. The minimum Gasteiger partial charge on any atom is -0.480 e. The summed E-state index contributed by atoms with van der Waals surface area (Å²) in [4.78, 5) is 67.5. The van der Waals surface area contributed by atoms with Gasteiger partial charge in [0.2, 0.25) is 0 Å². The van der Waals surface area contributed by atoms with Gasteiger partial charge in [-0.25, -0.2) is 24.0 Å². The Balaban J connectivity index is 0. The van der Waals surface area contributed by atoms with Crippen molar-refractivity contribution in [2.24, 2.45) is 0 Å². The molecule has 2 unspecified atom stereocenters. The third kappa shape index (κ3) is 29.8. The quantitative estimate of drug-likeness (QED) is 0.116. The van der Waals surface area contributed by atoms with E-state index in [1.165, 1.54) is 12.1 Å². The fourth-order valence-electron chi connectivity index (χ4n) is 3.29. The van der Waals surface area contributed by atoms with E-state index in [4.69, 9.17) is 68.3 Å². The van der Waals surface area contributed by atoms with Gasteiger partial charge >= 0.3 is 36.0 Å². The summed E-state index contributed by atoms with van der Waals surface area (Å²) in [6, 6.07) is 6.26. The van der Waals surface area contributed by atoms with E-state index >= 15 is 0 Å². The summed E-state index contributed by atoms with van der Waals surface area (Å²) in [5, 5.41) is 42.0. The van der Waals surface area contributed by atoms with Crippen molar-refractivity contribution in [3.63, 3.8) is 0 Å². The van der Waals surface area contributed by atoms with Crippen LogP contribution in [0.2, 0.25) is 0 Å². The first-order valence-corrected chi connectivity index (χ1v) is 13.7. The van der Waals surface area contributed by atoms with Crippen molar-refractivity contribution < 1.29 is 92.3 Å². The molecule has 266 valence electrons. The van der Waals surface area contributed by atoms with Crippen LogP contribution in [0.3, 0.4) is 0 Å². The fraction of sp³-hybridized carbons (Fsp3) is 0.571. The van der Waals surface area contributed by atoms with E-state index in [1.54, 1.807) is 19.2 Å². The van der Waals surface area contributed by atoms with Gasteiger partial charge in [0.1, 0.15) is 19.8 Å². The molecule has 0 aromatic heterocycles. The van der Waals surface area contributed by atoms with Crippen LogP contribution >= 0.6 is 0 Å². The van der Waals surface area contributed by atoms with Gasteiger partial charge in [0.05, 0.1) is 38.6 Å². The number of benzene rings is 1. The Morgan fingerprint density at radius 3 is 1.34 bits per heavy atom. The van der Waals surface area contributed by atoms with E-state index in [0.29, 0.717) is 26.4 Å². The molecule has 5 N–H and O–H groups in total. The topological polar surface area (TPSA) is 285 Å². The molecule has 0 saturated heterocycles. The van der Waals surface area contributed by atoms with E-state index in [0.717, 1.165) is 25.7 Å². The molecule has 1 aliphatic rings. The summed E-state index contributed by atoms with van der Waals surface area (Å²) < 4.78 is 34.6. The van der Waals surface area contributed by atoms with Gasteiger partial charge in [-0.05, 0) is 25.0 Å². The zero-order chi connectivity index (χ0) is 35.9. The summed E-state index contributed by atoms with van der Waals surface area (Å²) in [7, 11) is 1.59. The Kier molecular flexibility index (Phi) is 28.4. The van der Waals surface area contributed by atoms with Crippen LogP contribution in [0.1, 0.15) is 25.7 Å². The molecular formula is C28H40O19. The monoisotopic (exact) mass is 680 g/mol. The van der Waals surface area contributed by atoms with Crippen LogP contribution in [0.15, 0.2) is 24.3 Å². The molecule has 19 heteroatoms. The number of carbonyl (C=O) groups is 5. The van der Waals surface area contributed by atoms with Gasteiger partial charge in [-0.3, -0.25) is 0 Å². The molecule has 1 aliphatic carbocycles. The largest absolute Gasteiger partial charge is 0.480 e. The van der Waals surface area contributed by atoms with E-state index in [-0.39, 0.29) is 49.7 Å². The predicted molar refractivity (Wildman–Crippen MR) is 152 cm³/mol. The Morgan fingerprint density at radius 2 is 0.979 bits per heavy atom. The molecule has 1 aromatic rings. The zero-order valence-electron chi connectivity index (χ0n) is 25.6. The van der Waals surface area contributed by atoms with Crippen LogP contribution in [0.25, 0.3) is 0 Å². The normalized spacial score (nSPS) is 14.6. The Hall–Kier alpha value is -4.65. The van der Waals surface area contributed by atoms with Crippen LogP contribution in [0.5, 0.6) is 11.5 Å². The molecule has 47 heavy (non-hydrogen) atoms. The summed E-state index contributed by atoms with van der Waals surface area (Å²) in [6.45, 7) is -0.262. The molecule has 0 heterocycles. The van der Waals surface area contributed by atoms with E-state index in [9.17, 15) is 24.0 Å². The van der Waals surface area contributed by atoms with E-state index in [1.807, 2.05) is 0 Å². The number of hydrogen-bond acceptors (Lipinski definition) is 14. The van der Waals surface area contributed by atoms with Crippen LogP contribution in [0, 0.1) is 0 Å². The van der Waals surface area contributed by atoms with E-state index in [2.05, 4.69) is 0 Å². The molecule has 0 bridgehead atoms. The van der Waals surface area contributed by atoms with Crippen molar-refractivity contribution in [2.45, 2.75) is 37.9 Å². The summed E-state index contributed by atoms with van der Waals surface area (Å²) in [5.41, 5.74) is 0. The lowest BCUT2D eigenvalue weighted by Crippen LogP contribution is -2.37. The fourth-order valence-corrected chi connectivity index (χ4v) is 3.29. The standard InChI is InChI=1S/C10H16O6.C10H10O6.C7H14O5.CO2/c2*11-9(12)5-15-7-3-1-2-4-8(7)16-6-10(13)14;1-10-2-3-11-4-5-12-6-7(8)9;2-1-3/h7-8H,1-6H2,(H,11,12)(H,13,14);1-4H,5-6H2,(H,11,12)(H,13,14);2-6H2,1H3,(H,8,9);. The molecule has 19 nitrogen and oxygen atoms in total. The Morgan fingerprint density at radius 1 is 0.617 bits per heavy atom. The van der Waals surface area contributed by atoms with Crippen molar-refractivity contribution in [2.75, 3.05) is 66.6 Å². The number of ether oxygens (including phenoxy) is 7. The molecule has 0 spiro atoms. The first-order chi connectivity index (χ1) is 22.4. The summed E-state index contributed by atoms with van der Waals surface area (Å²) in [6.07, 6.45) is 3.00. The van der Waals surface area contributed by atoms with Gasteiger partial charge in [-0.1, -0.05) is 25.0 Å². The number of carbonyl (C=O) groups excluding carboxylic acids is 2. The maximum absolute atomic E-state index is 10.4. The van der Waals surface area contributed by atoms with Crippen molar-refractivity contribution in [3.8, 4) is 11.5 Å². The van der Waals surface area contributed by atoms with Gasteiger partial charge in [0.15, 0.2) is 24.7 Å². The van der Waals surface area contributed by atoms with Crippen LogP contribution < -0.4 is 9.47 Å². The van der Waals surface area contributed by atoms with Gasteiger partial charge in [0, 0.05) is 7.11 Å². The van der Waals surface area contributed by atoms with Crippen LogP contribution in [0.4, 0.5) is 0 Å². The maximum atomic E-state index is 10.4. The molecule has 2 rings (SSSR count). The molecule has 1 saturated carbocycles. The van der Waals surface area contributed by atoms with Crippen molar-refractivity contribution in [3.05, 3.63) is 24.3 Å². The third-order valence-electron chi connectivity index (χ3n) is 5.06. The van der Waals surface area contributed by atoms with Gasteiger partial charge in [-0.15, -0.1) is 0 Å². The highest BCUT2D eigenvalue weighted by atomic mass is 16.6. The lowest BCUT2D eigenvalue weighted by molar-refractivity contribution is -0.192. The number of para-hydroxylation sites is 2. The number of aliphatic carboxylic acids is 5. The zero-order valence-corrected chi connectivity index (χ0v) is 25.6. The number of hydrogen-bond donors (Lipinski definition) is 5. The second kappa shape index (κ2) is 30.0. The average molecular weight is 681 g/mol. The SMILES string of the molecule is COCCOCCOCC(=O)O.O=C(O)COC1CCCCC1OCC(=O)O.O=C(O)COc1ccccc1OCC(=O)O.O=C=O. The van der Waals surface area contributed by atoms with Crippen LogP contribution in [-0.2, 0) is 57.2 Å². The van der Waals surface area contributed by atoms with Crippen molar-refractivity contribution in [1.29, 1.82) is 0 Å². The highest BCUT2D eigenvalue weighted by Gasteiger charge is 2.27. The van der Waals surface area contributed by atoms with E-state index < -0.39 is 43.1 Å². The first kappa shape index (κ1) is 44.5. The lowest BCUT2D eigenvalue weighted by atomic mass is 9.94. The van der Waals surface area contributed by atoms with Crippen molar-refractivity contribution in [1.82, 2.24) is 0 Å². The number of carboxylic acids is 5. The molecular weight excluding hydrogens is 640 g/mol. The second-order valence-corrected chi connectivity index (χ2v) is 8.72. The molecule has 0 radical (unpaired) electrons. The second-order valence-electron chi connectivity index (χ2n) is 8.72. The molecule has 2 atom stereocenters. The maximum Gasteiger partial charge on any atom is 0.373 e. The predicted octanol–water partition coefficient (Wildman–Crippen LogP) is 0.281. The highest BCUT2D eigenvalue weighted by molar-refractivity contribution is 5.70. The summed E-state index contributed by atoms with van der Waals surface area (Å²) >= 11 is 0. The molecule has 0 aliphatic heterocycles. The van der Waals surface area contributed by atoms with Gasteiger partial charge in [-0.2, -0.15) is 9.59 Å².